The van der Waals surface area contributed by atoms with Gasteiger partial charge in [-0.1, -0.05) is 6.92 Å². The van der Waals surface area contributed by atoms with Gasteiger partial charge in [0.1, 0.15) is 0 Å². The highest BCUT2D eigenvalue weighted by molar-refractivity contribution is 8.00. The van der Waals surface area contributed by atoms with Gasteiger partial charge >= 0.3 is 0 Å². The van der Waals surface area contributed by atoms with Crippen LogP contribution in [0.4, 0.5) is 0 Å². The van der Waals surface area contributed by atoms with Crippen molar-refractivity contribution in [1.29, 1.82) is 0 Å². The molecule has 2 unspecified atom stereocenters. The van der Waals surface area contributed by atoms with E-state index in [4.69, 9.17) is 5.73 Å². The quantitative estimate of drug-likeness (QED) is 0.789. The number of rotatable bonds is 6. The summed E-state index contributed by atoms with van der Waals surface area (Å²) in [7, 11) is 0. The molecular formula is C14H26N2S. The van der Waals surface area contributed by atoms with Gasteiger partial charge in [0.2, 0.25) is 0 Å². The second kappa shape index (κ2) is 4.75. The standard InChI is InChI=1S/C14H26N2S/c1-11-6-14(9-15,10-17-11)16(7-12-2-3-12)8-13-4-5-13/h11-13H,2-10,15H2,1H3. The summed E-state index contributed by atoms with van der Waals surface area (Å²) in [5, 5.41) is 0.805. The Hall–Kier alpha value is 0.270. The maximum absolute atomic E-state index is 6.17. The lowest BCUT2D eigenvalue weighted by molar-refractivity contribution is 0.100. The first-order valence-electron chi connectivity index (χ1n) is 7.28. The Balaban J connectivity index is 1.69. The van der Waals surface area contributed by atoms with Gasteiger partial charge in [-0.3, -0.25) is 4.90 Å². The van der Waals surface area contributed by atoms with E-state index in [9.17, 15) is 0 Å². The van der Waals surface area contributed by atoms with Crippen molar-refractivity contribution in [1.82, 2.24) is 4.90 Å². The molecule has 0 amide bonds. The summed E-state index contributed by atoms with van der Waals surface area (Å²) in [6.07, 6.45) is 7.16. The molecule has 2 atom stereocenters. The Bertz CT molecular complexity index is 261. The molecule has 1 aliphatic heterocycles. The summed E-state index contributed by atoms with van der Waals surface area (Å²) >= 11 is 2.13. The molecule has 17 heavy (non-hydrogen) atoms. The highest BCUT2D eigenvalue weighted by Gasteiger charge is 2.45. The zero-order valence-corrected chi connectivity index (χ0v) is 11.8. The van der Waals surface area contributed by atoms with Gasteiger partial charge < -0.3 is 5.73 Å². The third-order valence-electron chi connectivity index (χ3n) is 4.71. The maximum Gasteiger partial charge on any atom is 0.0432 e. The predicted molar refractivity (Wildman–Crippen MR) is 75.3 cm³/mol. The Morgan fingerprint density at radius 1 is 1.18 bits per heavy atom. The van der Waals surface area contributed by atoms with E-state index in [1.807, 2.05) is 0 Å². The van der Waals surface area contributed by atoms with Crippen LogP contribution >= 0.6 is 11.8 Å². The van der Waals surface area contributed by atoms with Gasteiger partial charge in [0.05, 0.1) is 0 Å². The maximum atomic E-state index is 6.17. The average molecular weight is 254 g/mol. The minimum absolute atomic E-state index is 0.343. The number of hydrogen-bond donors (Lipinski definition) is 1. The zero-order chi connectivity index (χ0) is 11.9. The second-order valence-corrected chi connectivity index (χ2v) is 7.97. The lowest BCUT2D eigenvalue weighted by Gasteiger charge is -2.41. The molecule has 1 saturated heterocycles. The number of hydrogen-bond acceptors (Lipinski definition) is 3. The molecule has 98 valence electrons. The van der Waals surface area contributed by atoms with Crippen LogP contribution in [0, 0.1) is 11.8 Å². The molecular weight excluding hydrogens is 228 g/mol. The first-order valence-corrected chi connectivity index (χ1v) is 8.33. The van der Waals surface area contributed by atoms with Crippen LogP contribution in [-0.4, -0.2) is 41.1 Å². The van der Waals surface area contributed by atoms with Crippen molar-refractivity contribution in [2.45, 2.75) is 49.8 Å². The summed E-state index contributed by atoms with van der Waals surface area (Å²) in [6.45, 7) is 5.90. The topological polar surface area (TPSA) is 29.3 Å². The van der Waals surface area contributed by atoms with Crippen LogP contribution in [0.15, 0.2) is 0 Å². The Morgan fingerprint density at radius 3 is 2.12 bits per heavy atom. The van der Waals surface area contributed by atoms with Gasteiger partial charge in [-0.25, -0.2) is 0 Å². The van der Waals surface area contributed by atoms with Crippen LogP contribution in [0.2, 0.25) is 0 Å². The van der Waals surface area contributed by atoms with Crippen molar-refractivity contribution >= 4 is 11.8 Å². The van der Waals surface area contributed by atoms with E-state index in [0.29, 0.717) is 5.54 Å². The molecule has 3 rings (SSSR count). The minimum atomic E-state index is 0.343. The fourth-order valence-electron chi connectivity index (χ4n) is 3.13. The molecule has 2 nitrogen and oxygen atoms in total. The second-order valence-electron chi connectivity index (χ2n) is 6.55. The normalized spacial score (nSPS) is 37.9. The fourth-order valence-corrected chi connectivity index (χ4v) is 4.57. The summed E-state index contributed by atoms with van der Waals surface area (Å²) in [5.74, 6) is 3.26. The van der Waals surface area contributed by atoms with Crippen molar-refractivity contribution in [2.24, 2.45) is 17.6 Å². The molecule has 3 heteroatoms. The summed E-state index contributed by atoms with van der Waals surface area (Å²) in [6, 6.07) is 0. The first kappa shape index (κ1) is 12.3. The Kier molecular flexibility index (Phi) is 3.44. The average Bonchev–Trinajstić information content (AvgIpc) is 3.22. The molecule has 0 radical (unpaired) electrons. The predicted octanol–water partition coefficient (Wildman–Crippen LogP) is 2.33. The fraction of sp³-hybridized carbons (Fsp3) is 1.00. The Labute approximate surface area is 110 Å². The van der Waals surface area contributed by atoms with Crippen molar-refractivity contribution in [3.05, 3.63) is 0 Å². The van der Waals surface area contributed by atoms with Gasteiger partial charge in [-0.05, 0) is 43.9 Å². The minimum Gasteiger partial charge on any atom is -0.329 e. The van der Waals surface area contributed by atoms with E-state index in [2.05, 4.69) is 23.6 Å². The van der Waals surface area contributed by atoms with Gasteiger partial charge in [-0.15, -0.1) is 0 Å². The van der Waals surface area contributed by atoms with Gasteiger partial charge in [0, 0.05) is 36.2 Å². The van der Waals surface area contributed by atoms with Crippen LogP contribution in [0.3, 0.4) is 0 Å². The van der Waals surface area contributed by atoms with Crippen molar-refractivity contribution < 1.29 is 0 Å². The molecule has 0 aromatic heterocycles. The Morgan fingerprint density at radius 2 is 1.76 bits per heavy atom. The van der Waals surface area contributed by atoms with Gasteiger partial charge in [-0.2, -0.15) is 11.8 Å². The highest BCUT2D eigenvalue weighted by atomic mass is 32.2. The van der Waals surface area contributed by atoms with Crippen molar-refractivity contribution in [3.8, 4) is 0 Å². The van der Waals surface area contributed by atoms with E-state index in [1.54, 1.807) is 0 Å². The van der Waals surface area contributed by atoms with E-state index in [-0.39, 0.29) is 0 Å². The van der Waals surface area contributed by atoms with E-state index >= 15 is 0 Å². The third kappa shape index (κ3) is 2.82. The largest absolute Gasteiger partial charge is 0.329 e. The number of nitrogens with two attached hydrogens (primary N) is 1. The SMILES string of the molecule is CC1CC(CN)(N(CC2CC2)CC2CC2)CS1. The van der Waals surface area contributed by atoms with E-state index < -0.39 is 0 Å². The highest BCUT2D eigenvalue weighted by Crippen LogP contribution is 2.43. The molecule has 0 aromatic rings. The van der Waals surface area contributed by atoms with E-state index in [1.165, 1.54) is 50.9 Å². The molecule has 1 heterocycles. The zero-order valence-electron chi connectivity index (χ0n) is 11.0. The van der Waals surface area contributed by atoms with Gasteiger partial charge in [0.25, 0.3) is 0 Å². The van der Waals surface area contributed by atoms with Gasteiger partial charge in [0.15, 0.2) is 0 Å². The molecule has 0 spiro atoms. The van der Waals surface area contributed by atoms with E-state index in [0.717, 1.165) is 23.6 Å². The first-order chi connectivity index (χ1) is 8.22. The van der Waals surface area contributed by atoms with Crippen molar-refractivity contribution in [3.63, 3.8) is 0 Å². The van der Waals surface area contributed by atoms with Crippen molar-refractivity contribution in [2.75, 3.05) is 25.4 Å². The molecule has 2 saturated carbocycles. The van der Waals surface area contributed by atoms with Crippen LogP contribution in [0.5, 0.6) is 0 Å². The van der Waals surface area contributed by atoms with Crippen LogP contribution < -0.4 is 5.73 Å². The molecule has 3 aliphatic rings. The summed E-state index contributed by atoms with van der Waals surface area (Å²) in [4.78, 5) is 2.80. The summed E-state index contributed by atoms with van der Waals surface area (Å²) < 4.78 is 0. The number of thioether (sulfide) groups is 1. The lowest BCUT2D eigenvalue weighted by Crippen LogP contribution is -2.55. The van der Waals surface area contributed by atoms with Crippen LogP contribution in [0.1, 0.15) is 39.0 Å². The molecule has 2 aliphatic carbocycles. The number of nitrogens with zero attached hydrogens (tertiary/aromatic N) is 1. The third-order valence-corrected chi connectivity index (χ3v) is 6.15. The molecule has 3 fully saturated rings. The molecule has 2 N–H and O–H groups in total. The van der Waals surface area contributed by atoms with Crippen LogP contribution in [-0.2, 0) is 0 Å². The molecule has 0 aromatic carbocycles. The lowest BCUT2D eigenvalue weighted by atomic mass is 9.93. The molecule has 0 bridgehead atoms. The monoisotopic (exact) mass is 254 g/mol. The smallest absolute Gasteiger partial charge is 0.0432 e. The van der Waals surface area contributed by atoms with Crippen LogP contribution in [0.25, 0.3) is 0 Å². The summed E-state index contributed by atoms with van der Waals surface area (Å²) in [5.41, 5.74) is 6.51.